The highest BCUT2D eigenvalue weighted by atomic mass is 79.9. The average Bonchev–Trinajstić information content (AvgIpc) is 2.53. The molecule has 0 spiro atoms. The Balaban J connectivity index is 2.21. The van der Waals surface area contributed by atoms with Crippen molar-refractivity contribution in [1.82, 2.24) is 4.98 Å². The molecule has 1 aromatic heterocycles. The van der Waals surface area contributed by atoms with E-state index < -0.39 is 0 Å². The molecule has 0 aliphatic heterocycles. The number of halogens is 1. The number of aryl methyl sites for hydroxylation is 2. The van der Waals surface area contributed by atoms with E-state index in [2.05, 4.69) is 71.4 Å². The lowest BCUT2D eigenvalue weighted by atomic mass is 9.99. The molecule has 1 nitrogen and oxygen atoms in total. The summed E-state index contributed by atoms with van der Waals surface area (Å²) in [4.78, 5) is 4.98. The molecule has 0 aliphatic carbocycles. The minimum absolute atomic E-state index is 1.02. The Bertz CT molecular complexity index is 750. The summed E-state index contributed by atoms with van der Waals surface area (Å²) in [6.07, 6.45) is 2.17. The third-order valence-corrected chi connectivity index (χ3v) is 4.31. The summed E-state index contributed by atoms with van der Waals surface area (Å²) in [5.74, 6) is 0. The number of aromatic nitrogens is 1. The maximum absolute atomic E-state index is 4.98. The number of hydrogen-bond acceptors (Lipinski definition) is 1. The molecule has 0 aliphatic rings. The molecule has 3 aromatic rings. The van der Waals surface area contributed by atoms with Crippen molar-refractivity contribution >= 4 is 26.8 Å². The van der Waals surface area contributed by atoms with E-state index in [1.807, 2.05) is 6.07 Å². The summed E-state index contributed by atoms with van der Waals surface area (Å²) in [5, 5.41) is 2.26. The van der Waals surface area contributed by atoms with Crippen LogP contribution in [0.4, 0.5) is 0 Å². The number of rotatable bonds is 4. The van der Waals surface area contributed by atoms with E-state index in [1.165, 1.54) is 22.1 Å². The lowest BCUT2D eigenvalue weighted by Crippen LogP contribution is -1.96. The Hall–Kier alpha value is -1.67. The number of fused-ring (bicyclic) bond motifs is 1. The molecule has 0 radical (unpaired) electrons. The Morgan fingerprint density at radius 1 is 1.00 bits per heavy atom. The van der Waals surface area contributed by atoms with Crippen molar-refractivity contribution in [2.24, 2.45) is 0 Å². The van der Waals surface area contributed by atoms with E-state index in [0.717, 1.165) is 29.4 Å². The number of nitrogens with zero attached hydrogens (tertiary/aromatic N) is 1. The van der Waals surface area contributed by atoms with Crippen LogP contribution in [0.3, 0.4) is 0 Å². The van der Waals surface area contributed by atoms with Gasteiger partial charge in [-0.25, -0.2) is 4.98 Å². The van der Waals surface area contributed by atoms with Gasteiger partial charge in [0.15, 0.2) is 0 Å². The number of benzene rings is 2. The molecule has 0 saturated heterocycles. The van der Waals surface area contributed by atoms with Crippen molar-refractivity contribution in [1.29, 1.82) is 0 Å². The highest BCUT2D eigenvalue weighted by Crippen LogP contribution is 2.28. The first-order chi connectivity index (χ1) is 10.3. The van der Waals surface area contributed by atoms with Crippen molar-refractivity contribution in [3.63, 3.8) is 0 Å². The van der Waals surface area contributed by atoms with Crippen LogP contribution in [-0.2, 0) is 6.42 Å². The van der Waals surface area contributed by atoms with Crippen LogP contribution in [-0.4, -0.2) is 10.3 Å². The van der Waals surface area contributed by atoms with Gasteiger partial charge in [0, 0.05) is 16.3 Å². The second-order valence-electron chi connectivity index (χ2n) is 5.30. The Morgan fingerprint density at radius 3 is 2.57 bits per heavy atom. The highest BCUT2D eigenvalue weighted by Gasteiger charge is 2.10. The lowest BCUT2D eigenvalue weighted by Gasteiger charge is -2.12. The van der Waals surface area contributed by atoms with E-state index in [4.69, 9.17) is 4.98 Å². The monoisotopic (exact) mass is 339 g/mol. The summed E-state index contributed by atoms with van der Waals surface area (Å²) < 4.78 is 0. The first-order valence-corrected chi connectivity index (χ1v) is 8.42. The molecule has 0 fully saturated rings. The van der Waals surface area contributed by atoms with Crippen LogP contribution in [0.2, 0.25) is 0 Å². The van der Waals surface area contributed by atoms with Crippen LogP contribution in [0.1, 0.15) is 17.5 Å². The van der Waals surface area contributed by atoms with Crippen LogP contribution in [0.5, 0.6) is 0 Å². The fourth-order valence-electron chi connectivity index (χ4n) is 2.68. The molecule has 106 valence electrons. The van der Waals surface area contributed by atoms with Gasteiger partial charge in [-0.05, 0) is 37.0 Å². The molecule has 1 heterocycles. The van der Waals surface area contributed by atoms with E-state index in [1.54, 1.807) is 0 Å². The standard InChI is InChI=1S/C19H18BrN/c1-14-7-5-10-16-13-17(11-6-12-20)19(21-18(14)16)15-8-3-2-4-9-15/h2-5,7-10,13H,6,11-12H2,1H3. The second-order valence-corrected chi connectivity index (χ2v) is 6.09. The van der Waals surface area contributed by atoms with Crippen LogP contribution in [0.25, 0.3) is 22.2 Å². The largest absolute Gasteiger partial charge is 0.247 e. The summed E-state index contributed by atoms with van der Waals surface area (Å²) in [5.41, 5.74) is 6.00. The Morgan fingerprint density at radius 2 is 1.81 bits per heavy atom. The Labute approximate surface area is 134 Å². The third-order valence-electron chi connectivity index (χ3n) is 3.75. The fourth-order valence-corrected chi connectivity index (χ4v) is 2.96. The highest BCUT2D eigenvalue weighted by molar-refractivity contribution is 9.09. The molecule has 0 N–H and O–H groups in total. The van der Waals surface area contributed by atoms with E-state index >= 15 is 0 Å². The van der Waals surface area contributed by atoms with E-state index in [9.17, 15) is 0 Å². The zero-order valence-electron chi connectivity index (χ0n) is 12.1. The van der Waals surface area contributed by atoms with Crippen molar-refractivity contribution < 1.29 is 0 Å². The van der Waals surface area contributed by atoms with Crippen molar-refractivity contribution in [3.8, 4) is 11.3 Å². The van der Waals surface area contributed by atoms with E-state index in [-0.39, 0.29) is 0 Å². The zero-order chi connectivity index (χ0) is 14.7. The van der Waals surface area contributed by atoms with Gasteiger partial charge in [-0.15, -0.1) is 0 Å². The summed E-state index contributed by atoms with van der Waals surface area (Å²) in [6.45, 7) is 2.13. The predicted octanol–water partition coefficient (Wildman–Crippen LogP) is 5.54. The Kier molecular flexibility index (Phi) is 4.35. The van der Waals surface area contributed by atoms with Gasteiger partial charge in [0.1, 0.15) is 0 Å². The average molecular weight is 340 g/mol. The minimum Gasteiger partial charge on any atom is -0.247 e. The fraction of sp³-hybridized carbons (Fsp3) is 0.211. The molecule has 2 aromatic carbocycles. The van der Waals surface area contributed by atoms with Crippen LogP contribution < -0.4 is 0 Å². The molecular formula is C19H18BrN. The van der Waals surface area contributed by atoms with Crippen molar-refractivity contribution in [2.45, 2.75) is 19.8 Å². The summed E-state index contributed by atoms with van der Waals surface area (Å²) in [6, 6.07) is 19.2. The molecular weight excluding hydrogens is 322 g/mol. The normalized spacial score (nSPS) is 11.0. The molecule has 0 unspecified atom stereocenters. The topological polar surface area (TPSA) is 12.9 Å². The molecule has 0 atom stereocenters. The first kappa shape index (κ1) is 14.3. The van der Waals surface area contributed by atoms with Crippen LogP contribution >= 0.6 is 15.9 Å². The van der Waals surface area contributed by atoms with Crippen LogP contribution in [0.15, 0.2) is 54.6 Å². The molecule has 2 heteroatoms. The summed E-state index contributed by atoms with van der Waals surface area (Å²) in [7, 11) is 0. The molecule has 3 rings (SSSR count). The number of hydrogen-bond donors (Lipinski definition) is 0. The van der Waals surface area contributed by atoms with Gasteiger partial charge in [0.05, 0.1) is 11.2 Å². The van der Waals surface area contributed by atoms with Gasteiger partial charge < -0.3 is 0 Å². The number of pyridine rings is 1. The predicted molar refractivity (Wildman–Crippen MR) is 94.0 cm³/mol. The smallest absolute Gasteiger partial charge is 0.0741 e. The van der Waals surface area contributed by atoms with Crippen LogP contribution in [0, 0.1) is 6.92 Å². The van der Waals surface area contributed by atoms with Gasteiger partial charge in [-0.3, -0.25) is 0 Å². The van der Waals surface area contributed by atoms with Crippen molar-refractivity contribution in [2.75, 3.05) is 5.33 Å². The van der Waals surface area contributed by atoms with Crippen molar-refractivity contribution in [3.05, 3.63) is 65.7 Å². The third kappa shape index (κ3) is 3.01. The van der Waals surface area contributed by atoms with Gasteiger partial charge in [0.2, 0.25) is 0 Å². The van der Waals surface area contributed by atoms with Gasteiger partial charge in [-0.2, -0.15) is 0 Å². The number of alkyl halides is 1. The lowest BCUT2D eigenvalue weighted by molar-refractivity contribution is 0.937. The summed E-state index contributed by atoms with van der Waals surface area (Å²) >= 11 is 3.53. The molecule has 0 bridgehead atoms. The van der Waals surface area contributed by atoms with Gasteiger partial charge in [0.25, 0.3) is 0 Å². The molecule has 0 amide bonds. The number of para-hydroxylation sites is 1. The maximum atomic E-state index is 4.98. The van der Waals surface area contributed by atoms with Gasteiger partial charge in [-0.1, -0.05) is 64.5 Å². The first-order valence-electron chi connectivity index (χ1n) is 7.30. The van der Waals surface area contributed by atoms with E-state index in [0.29, 0.717) is 0 Å². The minimum atomic E-state index is 1.02. The molecule has 21 heavy (non-hydrogen) atoms. The molecule has 0 saturated carbocycles. The quantitative estimate of drug-likeness (QED) is 0.569. The maximum Gasteiger partial charge on any atom is 0.0741 e. The SMILES string of the molecule is Cc1cccc2cc(CCCBr)c(-c3ccccc3)nc12. The van der Waals surface area contributed by atoms with Gasteiger partial charge >= 0.3 is 0 Å². The zero-order valence-corrected chi connectivity index (χ0v) is 13.7. The second kappa shape index (κ2) is 6.40.